The number of hydrogen-bond acceptors (Lipinski definition) is 6. The van der Waals surface area contributed by atoms with Crippen LogP contribution in [-0.2, 0) is 9.59 Å². The molecular formula is C28H37N3O4S. The van der Waals surface area contributed by atoms with Crippen molar-refractivity contribution in [3.8, 4) is 0 Å². The first kappa shape index (κ1) is 27.8. The summed E-state index contributed by atoms with van der Waals surface area (Å²) in [5.74, 6) is -0.620. The van der Waals surface area contributed by atoms with Gasteiger partial charge in [-0.05, 0) is 73.2 Å². The third kappa shape index (κ3) is 6.11. The number of benzene rings is 1. The van der Waals surface area contributed by atoms with Crippen molar-refractivity contribution in [3.63, 3.8) is 0 Å². The van der Waals surface area contributed by atoms with E-state index in [1.807, 2.05) is 61.2 Å². The average Bonchev–Trinajstić information content (AvgIpc) is 2.82. The van der Waals surface area contributed by atoms with Gasteiger partial charge in [-0.15, -0.1) is 0 Å². The molecule has 0 unspecified atom stereocenters. The zero-order valence-corrected chi connectivity index (χ0v) is 22.5. The number of amides is 2. The highest BCUT2D eigenvalue weighted by molar-refractivity contribution is 7.80. The summed E-state index contributed by atoms with van der Waals surface area (Å²) in [5.41, 5.74) is 3.88. The fourth-order valence-corrected chi connectivity index (χ4v) is 5.27. The van der Waals surface area contributed by atoms with E-state index in [1.54, 1.807) is 0 Å². The van der Waals surface area contributed by atoms with Crippen molar-refractivity contribution in [2.24, 2.45) is 5.41 Å². The van der Waals surface area contributed by atoms with E-state index in [0.29, 0.717) is 32.6 Å². The number of aliphatic hydroxyl groups excluding tert-OH is 2. The van der Waals surface area contributed by atoms with E-state index in [1.165, 1.54) is 9.80 Å². The molecule has 0 atom stereocenters. The number of nitrogens with zero attached hydrogens (tertiary/aromatic N) is 3. The Morgan fingerprint density at radius 1 is 0.944 bits per heavy atom. The number of rotatable bonds is 9. The molecule has 2 amide bonds. The topological polar surface area (TPSA) is 84.3 Å². The summed E-state index contributed by atoms with van der Waals surface area (Å²) >= 11 is 5.41. The first-order chi connectivity index (χ1) is 17.1. The molecule has 1 aromatic carbocycles. The number of anilines is 1. The smallest absolute Gasteiger partial charge is 0.265 e. The van der Waals surface area contributed by atoms with E-state index >= 15 is 0 Å². The van der Waals surface area contributed by atoms with Crippen molar-refractivity contribution in [2.45, 2.75) is 40.5 Å². The Balaban J connectivity index is 1.93. The van der Waals surface area contributed by atoms with Crippen LogP contribution in [0.15, 0.2) is 53.1 Å². The Labute approximate surface area is 219 Å². The van der Waals surface area contributed by atoms with Crippen molar-refractivity contribution in [1.82, 2.24) is 9.80 Å². The summed E-state index contributed by atoms with van der Waals surface area (Å²) in [7, 11) is 0. The Bertz CT molecular complexity index is 1050. The second kappa shape index (κ2) is 12.0. The highest BCUT2D eigenvalue weighted by Gasteiger charge is 2.41. The van der Waals surface area contributed by atoms with Gasteiger partial charge in [-0.2, -0.15) is 0 Å². The summed E-state index contributed by atoms with van der Waals surface area (Å²) < 4.78 is 0. The number of aliphatic hydroxyl groups is 2. The lowest BCUT2D eigenvalue weighted by Gasteiger charge is -2.38. The van der Waals surface area contributed by atoms with Crippen LogP contribution in [0.3, 0.4) is 0 Å². The average molecular weight is 512 g/mol. The molecule has 1 fully saturated rings. The third-order valence-electron chi connectivity index (χ3n) is 6.53. The minimum Gasteiger partial charge on any atom is -0.395 e. The van der Waals surface area contributed by atoms with Crippen LogP contribution >= 0.6 is 12.2 Å². The van der Waals surface area contributed by atoms with Gasteiger partial charge in [0, 0.05) is 31.9 Å². The maximum Gasteiger partial charge on any atom is 0.265 e. The van der Waals surface area contributed by atoms with E-state index in [9.17, 15) is 19.8 Å². The monoisotopic (exact) mass is 511 g/mol. The zero-order valence-electron chi connectivity index (χ0n) is 21.7. The lowest BCUT2D eigenvalue weighted by molar-refractivity contribution is -0.133. The summed E-state index contributed by atoms with van der Waals surface area (Å²) in [6.07, 6.45) is 7.53. The normalized spacial score (nSPS) is 18.4. The molecule has 1 saturated heterocycles. The van der Waals surface area contributed by atoms with Gasteiger partial charge in [0.25, 0.3) is 11.8 Å². The van der Waals surface area contributed by atoms with Crippen LogP contribution in [-0.4, -0.2) is 76.3 Å². The van der Waals surface area contributed by atoms with E-state index in [4.69, 9.17) is 12.2 Å². The largest absolute Gasteiger partial charge is 0.395 e. The van der Waals surface area contributed by atoms with Gasteiger partial charge >= 0.3 is 0 Å². The molecule has 3 rings (SSSR count). The molecular weight excluding hydrogens is 474 g/mol. The molecule has 7 nitrogen and oxygen atoms in total. The van der Waals surface area contributed by atoms with Crippen LogP contribution in [0, 0.1) is 5.41 Å². The van der Waals surface area contributed by atoms with Gasteiger partial charge in [-0.1, -0.05) is 44.2 Å². The van der Waals surface area contributed by atoms with Crippen LogP contribution in [0.2, 0.25) is 0 Å². The van der Waals surface area contributed by atoms with Gasteiger partial charge in [0.05, 0.1) is 13.2 Å². The molecule has 1 aliphatic heterocycles. The number of hydrogen-bond donors (Lipinski definition) is 2. The van der Waals surface area contributed by atoms with Crippen molar-refractivity contribution in [1.29, 1.82) is 0 Å². The summed E-state index contributed by atoms with van der Waals surface area (Å²) in [6.45, 7) is 9.83. The van der Waals surface area contributed by atoms with Crippen LogP contribution < -0.4 is 4.90 Å². The van der Waals surface area contributed by atoms with Crippen LogP contribution in [0.5, 0.6) is 0 Å². The van der Waals surface area contributed by atoms with E-state index in [0.717, 1.165) is 28.8 Å². The van der Waals surface area contributed by atoms with Gasteiger partial charge in [0.2, 0.25) is 0 Å². The number of carbonyl (C=O) groups excluding carboxylic acids is 2. The van der Waals surface area contributed by atoms with Crippen molar-refractivity contribution >= 4 is 40.9 Å². The van der Waals surface area contributed by atoms with Crippen LogP contribution in [0.4, 0.5) is 5.69 Å². The zero-order chi connectivity index (χ0) is 26.5. The van der Waals surface area contributed by atoms with Gasteiger partial charge in [0.15, 0.2) is 5.11 Å². The predicted octanol–water partition coefficient (Wildman–Crippen LogP) is 3.53. The van der Waals surface area contributed by atoms with E-state index < -0.39 is 0 Å². The highest BCUT2D eigenvalue weighted by Crippen LogP contribution is 2.40. The summed E-state index contributed by atoms with van der Waals surface area (Å²) in [6, 6.07) is 7.93. The molecule has 0 spiro atoms. The molecule has 194 valence electrons. The molecule has 1 aromatic rings. The fourth-order valence-electron chi connectivity index (χ4n) is 4.85. The molecule has 2 aliphatic rings. The Kier molecular flexibility index (Phi) is 9.22. The molecule has 8 heteroatoms. The minimum absolute atomic E-state index is 0.0201. The Morgan fingerprint density at radius 2 is 1.50 bits per heavy atom. The third-order valence-corrected chi connectivity index (χ3v) is 6.97. The van der Waals surface area contributed by atoms with Gasteiger partial charge in [-0.3, -0.25) is 19.4 Å². The number of thiocarbonyl (C=S) groups is 1. The Morgan fingerprint density at radius 3 is 2.00 bits per heavy atom. The maximum atomic E-state index is 13.3. The van der Waals surface area contributed by atoms with E-state index in [-0.39, 0.29) is 41.1 Å². The second-order valence-electron chi connectivity index (χ2n) is 9.88. The molecule has 2 N–H and O–H groups in total. The molecule has 0 aromatic heterocycles. The first-order valence-electron chi connectivity index (χ1n) is 12.5. The lowest BCUT2D eigenvalue weighted by Crippen LogP contribution is -2.56. The SMILES string of the molecule is CCN1C(=O)C(=C2C=C(C=Cc3ccc(N(CCO)CCO)cc3)CC(C)(C)C2)C(=O)N(CC)C1=S. The van der Waals surface area contributed by atoms with Gasteiger partial charge in [0.1, 0.15) is 5.57 Å². The number of allylic oxidation sites excluding steroid dienone is 4. The van der Waals surface area contributed by atoms with Gasteiger partial charge in [-0.25, -0.2) is 0 Å². The van der Waals surface area contributed by atoms with Crippen molar-refractivity contribution in [3.05, 3.63) is 58.7 Å². The quantitative estimate of drug-likeness (QED) is 0.300. The summed E-state index contributed by atoms with van der Waals surface area (Å²) in [5, 5.41) is 18.8. The standard InChI is InChI=1S/C28H37N3O4S/c1-5-30-25(34)24(26(35)31(6-2)27(30)36)22-17-21(18-28(3,4)19-22)8-7-20-9-11-23(12-10-20)29(13-15-32)14-16-33/h7-12,17,32-33H,5-6,13-16,18-19H2,1-4H3. The molecule has 0 bridgehead atoms. The number of carbonyl (C=O) groups is 2. The number of likely N-dealkylation sites (N-methyl/N-ethyl adjacent to an activating group) is 2. The molecule has 36 heavy (non-hydrogen) atoms. The molecule has 1 heterocycles. The fraction of sp³-hybridized carbons (Fsp3) is 0.464. The highest BCUT2D eigenvalue weighted by atomic mass is 32.1. The maximum absolute atomic E-state index is 13.3. The van der Waals surface area contributed by atoms with Crippen molar-refractivity contribution < 1.29 is 19.8 Å². The Hall–Kier alpha value is -2.81. The van der Waals surface area contributed by atoms with E-state index in [2.05, 4.69) is 13.8 Å². The summed E-state index contributed by atoms with van der Waals surface area (Å²) in [4.78, 5) is 31.5. The minimum atomic E-state index is -0.310. The molecule has 1 aliphatic carbocycles. The first-order valence-corrected chi connectivity index (χ1v) is 12.9. The second-order valence-corrected chi connectivity index (χ2v) is 10.2. The van der Waals surface area contributed by atoms with Crippen molar-refractivity contribution in [2.75, 3.05) is 44.3 Å². The predicted molar refractivity (Wildman–Crippen MR) is 147 cm³/mol. The van der Waals surface area contributed by atoms with Gasteiger partial charge < -0.3 is 15.1 Å². The molecule has 0 saturated carbocycles. The molecule has 0 radical (unpaired) electrons. The van der Waals surface area contributed by atoms with Crippen LogP contribution in [0.25, 0.3) is 6.08 Å². The lowest BCUT2D eigenvalue weighted by atomic mass is 9.73. The van der Waals surface area contributed by atoms with Crippen LogP contribution in [0.1, 0.15) is 46.1 Å².